The number of aromatic carboxylic acids is 1. The minimum atomic E-state index is -3.36. The molecule has 2 rings (SSSR count). The van der Waals surface area contributed by atoms with Gasteiger partial charge in [0.15, 0.2) is 0 Å². The predicted molar refractivity (Wildman–Crippen MR) is 69.6 cm³/mol. The summed E-state index contributed by atoms with van der Waals surface area (Å²) in [5.41, 5.74) is 0.967. The standard InChI is InChI=1S/C12H11NO5S/c1-19(16,17)13-9-4-2-3-8(7-9)10-5-6-11(18-10)12(14)15/h2-7,13H,1H3,(H,14,15). The van der Waals surface area contributed by atoms with E-state index in [9.17, 15) is 13.2 Å². The minimum absolute atomic E-state index is 0.170. The van der Waals surface area contributed by atoms with Gasteiger partial charge in [-0.25, -0.2) is 13.2 Å². The molecule has 2 N–H and O–H groups in total. The zero-order valence-corrected chi connectivity index (χ0v) is 10.8. The first-order chi connectivity index (χ1) is 8.85. The first-order valence-electron chi connectivity index (χ1n) is 5.26. The van der Waals surface area contributed by atoms with Gasteiger partial charge in [0.25, 0.3) is 0 Å². The molecule has 0 saturated carbocycles. The van der Waals surface area contributed by atoms with Gasteiger partial charge in [0.05, 0.1) is 6.26 Å². The summed E-state index contributed by atoms with van der Waals surface area (Å²) < 4.78 is 29.7. The third-order valence-corrected chi connectivity index (χ3v) is 2.87. The second-order valence-electron chi connectivity index (χ2n) is 3.92. The number of furan rings is 1. The second-order valence-corrected chi connectivity index (χ2v) is 5.67. The number of hydrogen-bond donors (Lipinski definition) is 2. The maximum absolute atomic E-state index is 11.1. The van der Waals surface area contributed by atoms with E-state index in [2.05, 4.69) is 4.72 Å². The van der Waals surface area contributed by atoms with Gasteiger partial charge in [0.2, 0.25) is 15.8 Å². The van der Waals surface area contributed by atoms with Gasteiger partial charge in [-0.3, -0.25) is 4.72 Å². The molecule has 0 atom stereocenters. The number of carboxylic acids is 1. The van der Waals surface area contributed by atoms with Gasteiger partial charge >= 0.3 is 5.97 Å². The molecule has 6 nitrogen and oxygen atoms in total. The lowest BCUT2D eigenvalue weighted by molar-refractivity contribution is 0.0663. The van der Waals surface area contributed by atoms with Crippen LogP contribution in [-0.4, -0.2) is 25.7 Å². The van der Waals surface area contributed by atoms with Crippen molar-refractivity contribution in [2.75, 3.05) is 11.0 Å². The van der Waals surface area contributed by atoms with Gasteiger partial charge in [-0.15, -0.1) is 0 Å². The summed E-state index contributed by atoms with van der Waals surface area (Å²) in [5.74, 6) is -0.970. The Morgan fingerprint density at radius 2 is 2.00 bits per heavy atom. The Labute approximate surface area is 109 Å². The van der Waals surface area contributed by atoms with Crippen molar-refractivity contribution < 1.29 is 22.7 Å². The minimum Gasteiger partial charge on any atom is -0.475 e. The summed E-state index contributed by atoms with van der Waals surface area (Å²) in [7, 11) is -3.36. The molecule has 0 unspecified atom stereocenters. The zero-order chi connectivity index (χ0) is 14.0. The van der Waals surface area contributed by atoms with Crippen molar-refractivity contribution in [3.8, 4) is 11.3 Å². The highest BCUT2D eigenvalue weighted by atomic mass is 32.2. The van der Waals surface area contributed by atoms with Gasteiger partial charge in [0, 0.05) is 11.3 Å². The highest BCUT2D eigenvalue weighted by Gasteiger charge is 2.11. The number of anilines is 1. The SMILES string of the molecule is CS(=O)(=O)Nc1cccc(-c2ccc(C(=O)O)o2)c1. The Morgan fingerprint density at radius 1 is 1.26 bits per heavy atom. The van der Waals surface area contributed by atoms with Crippen LogP contribution in [-0.2, 0) is 10.0 Å². The lowest BCUT2D eigenvalue weighted by Crippen LogP contribution is -2.09. The molecule has 0 radical (unpaired) electrons. The molecule has 0 fully saturated rings. The highest BCUT2D eigenvalue weighted by molar-refractivity contribution is 7.92. The highest BCUT2D eigenvalue weighted by Crippen LogP contribution is 2.25. The van der Waals surface area contributed by atoms with Crippen LogP contribution in [0.2, 0.25) is 0 Å². The van der Waals surface area contributed by atoms with E-state index in [0.717, 1.165) is 6.26 Å². The number of nitrogens with one attached hydrogen (secondary N) is 1. The van der Waals surface area contributed by atoms with E-state index in [1.54, 1.807) is 24.3 Å². The summed E-state index contributed by atoms with van der Waals surface area (Å²) >= 11 is 0. The van der Waals surface area contributed by atoms with Crippen LogP contribution >= 0.6 is 0 Å². The van der Waals surface area contributed by atoms with Gasteiger partial charge in [0.1, 0.15) is 5.76 Å². The lowest BCUT2D eigenvalue weighted by Gasteiger charge is -2.05. The van der Waals surface area contributed by atoms with Crippen molar-refractivity contribution in [3.05, 3.63) is 42.2 Å². The normalized spacial score (nSPS) is 11.2. The number of carbonyl (C=O) groups is 1. The van der Waals surface area contributed by atoms with Crippen LogP contribution in [0.25, 0.3) is 11.3 Å². The second kappa shape index (κ2) is 4.77. The molecule has 1 aromatic heterocycles. The fraction of sp³-hybridized carbons (Fsp3) is 0.0833. The smallest absolute Gasteiger partial charge is 0.371 e. The summed E-state index contributed by atoms with van der Waals surface area (Å²) in [6.07, 6.45) is 1.05. The molecule has 0 aliphatic carbocycles. The molecule has 0 amide bonds. The molecule has 0 saturated heterocycles. The molecule has 2 aromatic rings. The predicted octanol–water partition coefficient (Wildman–Crippen LogP) is 2.02. The molecule has 1 heterocycles. The van der Waals surface area contributed by atoms with E-state index in [-0.39, 0.29) is 5.76 Å². The molecular weight excluding hydrogens is 270 g/mol. The molecule has 7 heteroatoms. The number of carboxylic acid groups (broad SMARTS) is 1. The van der Waals surface area contributed by atoms with Crippen LogP contribution in [0.3, 0.4) is 0 Å². The Morgan fingerprint density at radius 3 is 2.58 bits per heavy atom. The fourth-order valence-corrected chi connectivity index (χ4v) is 2.11. The van der Waals surface area contributed by atoms with Crippen molar-refractivity contribution in [1.29, 1.82) is 0 Å². The summed E-state index contributed by atoms with van der Waals surface area (Å²) in [4.78, 5) is 10.7. The zero-order valence-electron chi connectivity index (χ0n) is 9.95. The van der Waals surface area contributed by atoms with E-state index in [1.165, 1.54) is 12.1 Å². The Kier molecular flexibility index (Phi) is 3.30. The van der Waals surface area contributed by atoms with E-state index in [4.69, 9.17) is 9.52 Å². The van der Waals surface area contributed by atoms with Gasteiger partial charge in [-0.05, 0) is 24.3 Å². The topological polar surface area (TPSA) is 96.6 Å². The maximum Gasteiger partial charge on any atom is 0.371 e. The Bertz CT molecular complexity index is 717. The van der Waals surface area contributed by atoms with Crippen LogP contribution in [0.4, 0.5) is 5.69 Å². The van der Waals surface area contributed by atoms with Crippen molar-refractivity contribution >= 4 is 21.7 Å². The largest absolute Gasteiger partial charge is 0.475 e. The number of benzene rings is 1. The average molecular weight is 281 g/mol. The van der Waals surface area contributed by atoms with Crippen molar-refractivity contribution in [1.82, 2.24) is 0 Å². The van der Waals surface area contributed by atoms with Gasteiger partial charge in [-0.2, -0.15) is 0 Å². The molecule has 0 bridgehead atoms. The first kappa shape index (κ1) is 13.2. The van der Waals surface area contributed by atoms with Crippen LogP contribution in [0.5, 0.6) is 0 Å². The molecule has 100 valence electrons. The van der Waals surface area contributed by atoms with Crippen LogP contribution in [0.15, 0.2) is 40.8 Å². The van der Waals surface area contributed by atoms with E-state index >= 15 is 0 Å². The van der Waals surface area contributed by atoms with Gasteiger partial charge in [-0.1, -0.05) is 12.1 Å². The average Bonchev–Trinajstić information content (AvgIpc) is 2.76. The molecule has 19 heavy (non-hydrogen) atoms. The third kappa shape index (κ3) is 3.35. The van der Waals surface area contributed by atoms with E-state index in [0.29, 0.717) is 17.0 Å². The maximum atomic E-state index is 11.1. The fourth-order valence-electron chi connectivity index (χ4n) is 1.56. The van der Waals surface area contributed by atoms with Crippen LogP contribution in [0.1, 0.15) is 10.6 Å². The molecule has 0 spiro atoms. The van der Waals surface area contributed by atoms with Crippen molar-refractivity contribution in [3.63, 3.8) is 0 Å². The number of rotatable bonds is 4. The van der Waals surface area contributed by atoms with Crippen molar-refractivity contribution in [2.45, 2.75) is 0 Å². The Balaban J connectivity index is 2.34. The van der Waals surface area contributed by atoms with Crippen LogP contribution in [0, 0.1) is 0 Å². The number of sulfonamides is 1. The monoisotopic (exact) mass is 281 g/mol. The molecule has 1 aromatic carbocycles. The summed E-state index contributed by atoms with van der Waals surface area (Å²) in [5, 5.41) is 8.77. The van der Waals surface area contributed by atoms with Crippen LogP contribution < -0.4 is 4.72 Å². The van der Waals surface area contributed by atoms with Crippen molar-refractivity contribution in [2.24, 2.45) is 0 Å². The summed E-state index contributed by atoms with van der Waals surface area (Å²) in [6.45, 7) is 0. The quantitative estimate of drug-likeness (QED) is 0.893. The molecule has 0 aliphatic heterocycles. The first-order valence-corrected chi connectivity index (χ1v) is 7.16. The summed E-state index contributed by atoms with van der Waals surface area (Å²) in [6, 6.07) is 9.35. The third-order valence-electron chi connectivity index (χ3n) is 2.27. The van der Waals surface area contributed by atoms with Gasteiger partial charge < -0.3 is 9.52 Å². The van der Waals surface area contributed by atoms with E-state index < -0.39 is 16.0 Å². The molecule has 0 aliphatic rings. The van der Waals surface area contributed by atoms with E-state index in [1.807, 2.05) is 0 Å². The molecular formula is C12H11NO5S. The Hall–Kier alpha value is -2.28. The number of hydrogen-bond acceptors (Lipinski definition) is 4. The lowest BCUT2D eigenvalue weighted by atomic mass is 10.1.